The number of aromatic amines is 1. The zero-order valence-corrected chi connectivity index (χ0v) is 13.7. The maximum atomic E-state index is 12.3. The van der Waals surface area contributed by atoms with Crippen molar-refractivity contribution in [2.24, 2.45) is 5.92 Å². The van der Waals surface area contributed by atoms with Crippen molar-refractivity contribution in [1.82, 2.24) is 15.0 Å². The van der Waals surface area contributed by atoms with Gasteiger partial charge in [-0.1, -0.05) is 27.7 Å². The van der Waals surface area contributed by atoms with Crippen molar-refractivity contribution in [3.05, 3.63) is 18.0 Å². The van der Waals surface area contributed by atoms with Gasteiger partial charge in [0.2, 0.25) is 10.0 Å². The van der Waals surface area contributed by atoms with Crippen LogP contribution in [0.4, 0.5) is 0 Å². The topological polar surface area (TPSA) is 74.0 Å². The van der Waals surface area contributed by atoms with Gasteiger partial charge < -0.3 is 10.3 Å². The van der Waals surface area contributed by atoms with Gasteiger partial charge in [-0.15, -0.1) is 0 Å². The number of nitrogens with one attached hydrogen (secondary N) is 3. The molecule has 0 saturated heterocycles. The average Bonchev–Trinajstić information content (AvgIpc) is 2.85. The van der Waals surface area contributed by atoms with E-state index in [2.05, 4.69) is 21.9 Å². The van der Waals surface area contributed by atoms with Crippen LogP contribution in [-0.4, -0.2) is 26.0 Å². The van der Waals surface area contributed by atoms with Crippen molar-refractivity contribution in [3.8, 4) is 0 Å². The summed E-state index contributed by atoms with van der Waals surface area (Å²) in [5.74, 6) is 0.277. The van der Waals surface area contributed by atoms with E-state index >= 15 is 0 Å². The number of hydrogen-bond acceptors (Lipinski definition) is 3. The fraction of sp³-hybridized carbons (Fsp3) is 0.714. The van der Waals surface area contributed by atoms with Crippen LogP contribution >= 0.6 is 0 Å². The highest BCUT2D eigenvalue weighted by Crippen LogP contribution is 2.14. The van der Waals surface area contributed by atoms with Gasteiger partial charge in [0.1, 0.15) is 0 Å². The smallest absolute Gasteiger partial charge is 0.242 e. The minimum absolute atomic E-state index is 0.0310. The first-order chi connectivity index (χ1) is 9.40. The molecule has 1 aromatic heterocycles. The van der Waals surface area contributed by atoms with Crippen LogP contribution in [0.5, 0.6) is 0 Å². The minimum atomic E-state index is -3.44. The fourth-order valence-electron chi connectivity index (χ4n) is 2.03. The van der Waals surface area contributed by atoms with Gasteiger partial charge in [-0.05, 0) is 31.4 Å². The van der Waals surface area contributed by atoms with Crippen LogP contribution in [0, 0.1) is 5.92 Å². The molecule has 0 spiro atoms. The van der Waals surface area contributed by atoms with Gasteiger partial charge in [0.05, 0.1) is 4.90 Å². The molecule has 0 aliphatic rings. The second-order valence-electron chi connectivity index (χ2n) is 5.42. The Hall–Kier alpha value is -0.850. The standard InChI is InChI=1S/C14H27N3O2S/c1-5-7-15-9-12-8-13(10-16-12)20(18,19)17-14(6-2)11(3)4/h8,10-11,14-17H,5-7,9H2,1-4H3. The average molecular weight is 301 g/mol. The highest BCUT2D eigenvalue weighted by molar-refractivity contribution is 7.89. The zero-order valence-electron chi connectivity index (χ0n) is 12.9. The lowest BCUT2D eigenvalue weighted by molar-refractivity contribution is 0.437. The molecule has 20 heavy (non-hydrogen) atoms. The summed E-state index contributed by atoms with van der Waals surface area (Å²) in [6, 6.07) is 1.66. The first kappa shape index (κ1) is 17.2. The molecule has 1 rings (SSSR count). The number of aromatic nitrogens is 1. The number of sulfonamides is 1. The molecule has 1 unspecified atom stereocenters. The molecule has 0 radical (unpaired) electrons. The van der Waals surface area contributed by atoms with Gasteiger partial charge in [0.15, 0.2) is 0 Å². The predicted octanol–water partition coefficient (Wildman–Crippen LogP) is 2.23. The molecule has 0 aliphatic carbocycles. The minimum Gasteiger partial charge on any atom is -0.363 e. The molecule has 0 fully saturated rings. The highest BCUT2D eigenvalue weighted by Gasteiger charge is 2.22. The number of hydrogen-bond donors (Lipinski definition) is 3. The largest absolute Gasteiger partial charge is 0.363 e. The Morgan fingerprint density at radius 1 is 1.30 bits per heavy atom. The second-order valence-corrected chi connectivity index (χ2v) is 7.13. The summed E-state index contributed by atoms with van der Waals surface area (Å²) in [4.78, 5) is 3.32. The molecule has 0 aromatic carbocycles. The lowest BCUT2D eigenvalue weighted by Gasteiger charge is -2.20. The lowest BCUT2D eigenvalue weighted by atomic mass is 10.0. The molecular weight excluding hydrogens is 274 g/mol. The summed E-state index contributed by atoms with van der Waals surface area (Å²) in [6.07, 6.45) is 3.39. The van der Waals surface area contributed by atoms with Crippen LogP contribution in [0.1, 0.15) is 46.2 Å². The van der Waals surface area contributed by atoms with Crippen molar-refractivity contribution in [1.29, 1.82) is 0 Å². The van der Waals surface area contributed by atoms with Crippen molar-refractivity contribution in [3.63, 3.8) is 0 Å². The zero-order chi connectivity index (χ0) is 15.2. The Kier molecular flexibility index (Phi) is 6.71. The van der Waals surface area contributed by atoms with E-state index < -0.39 is 10.0 Å². The van der Waals surface area contributed by atoms with Crippen LogP contribution < -0.4 is 10.0 Å². The van der Waals surface area contributed by atoms with E-state index in [0.29, 0.717) is 11.4 Å². The van der Waals surface area contributed by atoms with E-state index in [1.165, 1.54) is 0 Å². The van der Waals surface area contributed by atoms with E-state index in [-0.39, 0.29) is 12.0 Å². The molecule has 5 nitrogen and oxygen atoms in total. The van der Waals surface area contributed by atoms with Gasteiger partial charge in [0.25, 0.3) is 0 Å². The van der Waals surface area contributed by atoms with Crippen LogP contribution in [0.2, 0.25) is 0 Å². The number of rotatable bonds is 9. The van der Waals surface area contributed by atoms with E-state index in [1.54, 1.807) is 12.3 Å². The summed E-state index contributed by atoms with van der Waals surface area (Å²) in [5.41, 5.74) is 0.886. The summed E-state index contributed by atoms with van der Waals surface area (Å²) >= 11 is 0. The van der Waals surface area contributed by atoms with E-state index in [0.717, 1.165) is 25.1 Å². The maximum absolute atomic E-state index is 12.3. The first-order valence-corrected chi connectivity index (χ1v) is 8.79. The molecule has 6 heteroatoms. The van der Waals surface area contributed by atoms with E-state index in [4.69, 9.17) is 0 Å². The van der Waals surface area contributed by atoms with E-state index in [1.807, 2.05) is 20.8 Å². The third-order valence-corrected chi connectivity index (χ3v) is 4.79. The molecule has 1 heterocycles. The lowest BCUT2D eigenvalue weighted by Crippen LogP contribution is -2.37. The highest BCUT2D eigenvalue weighted by atomic mass is 32.2. The maximum Gasteiger partial charge on any atom is 0.242 e. The Balaban J connectivity index is 2.72. The molecular formula is C14H27N3O2S. The van der Waals surface area contributed by atoms with Crippen LogP contribution in [0.3, 0.4) is 0 Å². The summed E-state index contributed by atoms with van der Waals surface area (Å²) < 4.78 is 27.4. The molecule has 0 bridgehead atoms. The third kappa shape index (κ3) is 4.92. The van der Waals surface area contributed by atoms with Gasteiger partial charge in [-0.2, -0.15) is 0 Å². The van der Waals surface area contributed by atoms with Crippen molar-refractivity contribution < 1.29 is 8.42 Å². The SMILES string of the molecule is CCCNCc1cc(S(=O)(=O)NC(CC)C(C)C)c[nH]1. The molecule has 1 aromatic rings. The molecule has 3 N–H and O–H groups in total. The Labute approximate surface area is 122 Å². The number of H-pyrrole nitrogens is 1. The molecule has 0 amide bonds. The molecule has 116 valence electrons. The van der Waals surface area contributed by atoms with Gasteiger partial charge in [-0.25, -0.2) is 13.1 Å². The Bertz CT molecular complexity index is 494. The predicted molar refractivity (Wildman–Crippen MR) is 82.0 cm³/mol. The van der Waals surface area contributed by atoms with Gasteiger partial charge in [-0.3, -0.25) is 0 Å². The Morgan fingerprint density at radius 3 is 2.55 bits per heavy atom. The molecule has 0 saturated carbocycles. The second kappa shape index (κ2) is 7.81. The third-order valence-electron chi connectivity index (χ3n) is 3.32. The molecule has 1 atom stereocenters. The van der Waals surface area contributed by atoms with Crippen LogP contribution in [0.25, 0.3) is 0 Å². The van der Waals surface area contributed by atoms with Crippen LogP contribution in [-0.2, 0) is 16.6 Å². The normalized spacial score (nSPS) is 13.8. The van der Waals surface area contributed by atoms with Gasteiger partial charge >= 0.3 is 0 Å². The quantitative estimate of drug-likeness (QED) is 0.612. The van der Waals surface area contributed by atoms with Crippen molar-refractivity contribution in [2.45, 2.75) is 58.0 Å². The fourth-order valence-corrected chi connectivity index (χ4v) is 3.52. The summed E-state index contributed by atoms with van der Waals surface area (Å²) in [6.45, 7) is 9.71. The first-order valence-electron chi connectivity index (χ1n) is 7.31. The summed E-state index contributed by atoms with van der Waals surface area (Å²) in [7, 11) is -3.44. The van der Waals surface area contributed by atoms with Gasteiger partial charge in [0, 0.05) is 24.5 Å². The van der Waals surface area contributed by atoms with E-state index in [9.17, 15) is 8.42 Å². The van der Waals surface area contributed by atoms with Crippen LogP contribution in [0.15, 0.2) is 17.2 Å². The molecule has 0 aliphatic heterocycles. The van der Waals surface area contributed by atoms with Crippen molar-refractivity contribution >= 4 is 10.0 Å². The Morgan fingerprint density at radius 2 is 2.00 bits per heavy atom. The monoisotopic (exact) mass is 301 g/mol. The summed E-state index contributed by atoms with van der Waals surface area (Å²) in [5, 5.41) is 3.24. The van der Waals surface area contributed by atoms with Crippen molar-refractivity contribution in [2.75, 3.05) is 6.54 Å².